The zero-order chi connectivity index (χ0) is 18.8. The van der Waals surface area contributed by atoms with Crippen LogP contribution in [0, 0.1) is 18.3 Å². The summed E-state index contributed by atoms with van der Waals surface area (Å²) in [6.07, 6.45) is 0.812. The second-order valence-corrected chi connectivity index (χ2v) is 6.71. The van der Waals surface area contributed by atoms with Crippen molar-refractivity contribution in [1.29, 1.82) is 0 Å². The first kappa shape index (κ1) is 17.9. The van der Waals surface area contributed by atoms with Crippen molar-refractivity contribution < 1.29 is 9.18 Å². The van der Waals surface area contributed by atoms with Crippen LogP contribution in [0.5, 0.6) is 0 Å². The van der Waals surface area contributed by atoms with Crippen LogP contribution in [0.4, 0.5) is 21.5 Å². The molecule has 0 spiro atoms. The Morgan fingerprint density at radius 1 is 1.27 bits per heavy atom. The Morgan fingerprint density at radius 2 is 1.96 bits per heavy atom. The Labute approximate surface area is 153 Å². The highest BCUT2D eigenvalue weighted by Gasteiger charge is 2.39. The number of carbonyl (C=O) groups is 1. The lowest BCUT2D eigenvalue weighted by Gasteiger charge is -2.45. The first-order valence-corrected chi connectivity index (χ1v) is 8.79. The molecule has 1 aliphatic heterocycles. The lowest BCUT2D eigenvalue weighted by atomic mass is 9.81. The van der Waals surface area contributed by atoms with Gasteiger partial charge in [-0.3, -0.25) is 4.79 Å². The molecular formula is C21H22FN3O. The van der Waals surface area contributed by atoms with Gasteiger partial charge in [0.1, 0.15) is 5.82 Å². The van der Waals surface area contributed by atoms with Gasteiger partial charge in [0.25, 0.3) is 0 Å². The van der Waals surface area contributed by atoms with Crippen molar-refractivity contribution in [1.82, 2.24) is 0 Å². The number of nitrogens with zero attached hydrogens (tertiary/aromatic N) is 2. The van der Waals surface area contributed by atoms with Crippen LogP contribution in [-0.2, 0) is 4.79 Å². The van der Waals surface area contributed by atoms with E-state index in [0.29, 0.717) is 5.69 Å². The maximum Gasteiger partial charge on any atom is 0.224 e. The summed E-state index contributed by atoms with van der Waals surface area (Å²) >= 11 is 0. The van der Waals surface area contributed by atoms with Gasteiger partial charge in [-0.15, -0.1) is 0 Å². The third-order valence-electron chi connectivity index (χ3n) is 5.12. The van der Waals surface area contributed by atoms with Crippen molar-refractivity contribution in [3.05, 3.63) is 65.3 Å². The second-order valence-electron chi connectivity index (χ2n) is 6.71. The van der Waals surface area contributed by atoms with Crippen molar-refractivity contribution in [2.24, 2.45) is 5.92 Å². The molecule has 0 saturated heterocycles. The Hall–Kier alpha value is -2.87. The van der Waals surface area contributed by atoms with Crippen molar-refractivity contribution >= 4 is 23.0 Å². The topological polar surface area (TPSA) is 36.7 Å². The van der Waals surface area contributed by atoms with Crippen LogP contribution >= 0.6 is 0 Å². The monoisotopic (exact) mass is 351 g/mol. The molecule has 3 atom stereocenters. The van der Waals surface area contributed by atoms with Gasteiger partial charge >= 0.3 is 0 Å². The molecule has 0 fully saturated rings. The van der Waals surface area contributed by atoms with Crippen molar-refractivity contribution in [2.75, 3.05) is 10.2 Å². The molecule has 2 aromatic carbocycles. The average molecular weight is 351 g/mol. The largest absolute Gasteiger partial charge is 0.378 e. The van der Waals surface area contributed by atoms with Gasteiger partial charge in [-0.2, -0.15) is 0 Å². The number of rotatable bonds is 3. The van der Waals surface area contributed by atoms with Gasteiger partial charge in [0, 0.05) is 35.8 Å². The first-order valence-electron chi connectivity index (χ1n) is 8.79. The molecule has 4 nitrogen and oxygen atoms in total. The number of carbonyl (C=O) groups excluding carboxylic acids is 1. The minimum atomic E-state index is -0.315. The van der Waals surface area contributed by atoms with E-state index in [-0.39, 0.29) is 29.7 Å². The van der Waals surface area contributed by atoms with E-state index >= 15 is 0 Å². The molecule has 0 aromatic heterocycles. The molecule has 0 saturated carbocycles. The number of amides is 1. The highest BCUT2D eigenvalue weighted by atomic mass is 19.1. The number of anilines is 2. The molecule has 2 aromatic rings. The average Bonchev–Trinajstić information content (AvgIpc) is 2.63. The minimum absolute atomic E-state index is 0.0311. The van der Waals surface area contributed by atoms with Gasteiger partial charge in [0.05, 0.1) is 12.6 Å². The fourth-order valence-electron chi connectivity index (χ4n) is 3.89. The highest BCUT2D eigenvalue weighted by molar-refractivity contribution is 5.94. The SMILES string of the molecule is [C-]#[N+]c1ccc(N[C@H]2c3cc(F)ccc3N(C(C)=O)[C@@H](CC)[C@@H]2C)cc1. The standard InChI is InChI=1S/C21H22FN3O/c1-5-19-13(2)21(24-17-9-7-16(23-4)8-10-17)18-12-15(22)6-11-20(18)25(19)14(3)26/h6-13,19,21,24H,5H2,1-3H3/t13-,19-,21+/m0/s1. The Morgan fingerprint density at radius 3 is 2.54 bits per heavy atom. The predicted octanol–water partition coefficient (Wildman–Crippen LogP) is 5.31. The molecule has 3 rings (SSSR count). The number of fused-ring (bicyclic) bond motifs is 1. The third kappa shape index (κ3) is 3.15. The molecule has 134 valence electrons. The number of hydrogen-bond donors (Lipinski definition) is 1. The maximum atomic E-state index is 14.0. The Bertz CT molecular complexity index is 857. The van der Waals surface area contributed by atoms with E-state index in [1.165, 1.54) is 12.1 Å². The van der Waals surface area contributed by atoms with Crippen LogP contribution in [0.25, 0.3) is 4.85 Å². The fourth-order valence-corrected chi connectivity index (χ4v) is 3.89. The van der Waals surface area contributed by atoms with E-state index in [2.05, 4.69) is 24.0 Å². The normalized spacial score (nSPS) is 21.7. The highest BCUT2D eigenvalue weighted by Crippen LogP contribution is 2.43. The summed E-state index contributed by atoms with van der Waals surface area (Å²) in [6.45, 7) is 12.8. The van der Waals surface area contributed by atoms with Crippen molar-refractivity contribution in [3.63, 3.8) is 0 Å². The summed E-state index contributed by atoms with van der Waals surface area (Å²) in [5.74, 6) is -0.250. The molecule has 0 unspecified atom stereocenters. The molecule has 1 amide bonds. The van der Waals surface area contributed by atoms with Gasteiger partial charge < -0.3 is 10.2 Å². The van der Waals surface area contributed by atoms with Crippen LogP contribution in [0.15, 0.2) is 42.5 Å². The molecule has 1 heterocycles. The fraction of sp³-hybridized carbons (Fsp3) is 0.333. The Balaban J connectivity index is 2.05. The van der Waals surface area contributed by atoms with Gasteiger partial charge in [-0.1, -0.05) is 26.0 Å². The summed E-state index contributed by atoms with van der Waals surface area (Å²) in [6, 6.07) is 11.7. The van der Waals surface area contributed by atoms with Crippen LogP contribution < -0.4 is 10.2 Å². The molecule has 0 aliphatic carbocycles. The zero-order valence-corrected chi connectivity index (χ0v) is 15.2. The van der Waals surface area contributed by atoms with Crippen LogP contribution in [0.1, 0.15) is 38.8 Å². The van der Waals surface area contributed by atoms with E-state index in [4.69, 9.17) is 6.57 Å². The van der Waals surface area contributed by atoms with E-state index in [1.54, 1.807) is 30.0 Å². The number of benzene rings is 2. The quantitative estimate of drug-likeness (QED) is 0.761. The molecular weight excluding hydrogens is 329 g/mol. The van der Waals surface area contributed by atoms with Crippen LogP contribution in [0.2, 0.25) is 0 Å². The van der Waals surface area contributed by atoms with Gasteiger partial charge in [0.15, 0.2) is 5.69 Å². The lowest BCUT2D eigenvalue weighted by Crippen LogP contribution is -2.49. The van der Waals surface area contributed by atoms with Crippen molar-refractivity contribution in [2.45, 2.75) is 39.3 Å². The van der Waals surface area contributed by atoms with Crippen LogP contribution in [-0.4, -0.2) is 11.9 Å². The molecule has 1 aliphatic rings. The van der Waals surface area contributed by atoms with E-state index < -0.39 is 0 Å². The van der Waals surface area contributed by atoms with Gasteiger partial charge in [0.2, 0.25) is 5.91 Å². The summed E-state index contributed by atoms with van der Waals surface area (Å²) in [5.41, 5.74) is 2.99. The van der Waals surface area contributed by atoms with E-state index in [9.17, 15) is 9.18 Å². The molecule has 26 heavy (non-hydrogen) atoms. The molecule has 1 N–H and O–H groups in total. The smallest absolute Gasteiger partial charge is 0.224 e. The minimum Gasteiger partial charge on any atom is -0.378 e. The number of nitrogens with one attached hydrogen (secondary N) is 1. The van der Waals surface area contributed by atoms with Gasteiger partial charge in [-0.05, 0) is 36.8 Å². The van der Waals surface area contributed by atoms with Crippen molar-refractivity contribution in [3.8, 4) is 0 Å². The first-order chi connectivity index (χ1) is 12.5. The third-order valence-corrected chi connectivity index (χ3v) is 5.12. The Kier molecular flexibility index (Phi) is 4.94. The summed E-state index contributed by atoms with van der Waals surface area (Å²) in [5, 5.41) is 3.48. The molecule has 0 bridgehead atoms. The zero-order valence-electron chi connectivity index (χ0n) is 15.2. The van der Waals surface area contributed by atoms with Crippen LogP contribution in [0.3, 0.4) is 0 Å². The van der Waals surface area contributed by atoms with E-state index in [0.717, 1.165) is 23.4 Å². The summed E-state index contributed by atoms with van der Waals surface area (Å²) in [7, 11) is 0. The number of hydrogen-bond acceptors (Lipinski definition) is 2. The predicted molar refractivity (Wildman–Crippen MR) is 102 cm³/mol. The summed E-state index contributed by atoms with van der Waals surface area (Å²) in [4.78, 5) is 17.5. The molecule has 5 heteroatoms. The van der Waals surface area contributed by atoms with Gasteiger partial charge in [-0.25, -0.2) is 9.24 Å². The summed E-state index contributed by atoms with van der Waals surface area (Å²) < 4.78 is 14.0. The second kappa shape index (κ2) is 7.17. The maximum absolute atomic E-state index is 14.0. The van der Waals surface area contributed by atoms with E-state index in [1.807, 2.05) is 12.1 Å². The molecule has 0 radical (unpaired) electrons. The number of halogens is 1. The lowest BCUT2D eigenvalue weighted by molar-refractivity contribution is -0.117.